The Labute approximate surface area is 222 Å². The Hall–Kier alpha value is -3.18. The van der Waals surface area contributed by atoms with Gasteiger partial charge in [-0.05, 0) is 25.1 Å². The van der Waals surface area contributed by atoms with E-state index in [1.54, 1.807) is 12.4 Å². The SMILES string of the molecule is CC(Oc1ccc2[nH]nc(-c3nc4c([nH]3)CN(C(=O)CN3CCOCC3)C4)c2c1)c1c(Cl)cncc1Cl. The van der Waals surface area contributed by atoms with Crippen molar-refractivity contribution in [2.24, 2.45) is 0 Å². The fraction of sp³-hybridized carbons (Fsp3) is 0.360. The van der Waals surface area contributed by atoms with E-state index in [9.17, 15) is 4.79 Å². The second kappa shape index (κ2) is 9.94. The number of ether oxygens (including phenoxy) is 2. The molecular weight excluding hydrogens is 517 g/mol. The van der Waals surface area contributed by atoms with Gasteiger partial charge in [0.25, 0.3) is 0 Å². The number of aromatic amines is 2. The Morgan fingerprint density at radius 2 is 1.97 bits per heavy atom. The maximum atomic E-state index is 12.8. The number of morpholine rings is 1. The molecule has 0 spiro atoms. The quantitative estimate of drug-likeness (QED) is 0.379. The van der Waals surface area contributed by atoms with E-state index in [1.165, 1.54) is 0 Å². The van der Waals surface area contributed by atoms with Crippen molar-refractivity contribution in [3.63, 3.8) is 0 Å². The average Bonchev–Trinajstić information content (AvgIpc) is 3.57. The number of rotatable bonds is 6. The van der Waals surface area contributed by atoms with Crippen molar-refractivity contribution in [1.29, 1.82) is 0 Å². The van der Waals surface area contributed by atoms with Crippen molar-refractivity contribution in [2.45, 2.75) is 26.1 Å². The molecule has 4 aromatic rings. The first kappa shape index (κ1) is 24.2. The van der Waals surface area contributed by atoms with Crippen LogP contribution in [0.4, 0.5) is 0 Å². The minimum Gasteiger partial charge on any atom is -0.486 e. The molecule has 1 amide bonds. The normalized spacial score (nSPS) is 16.8. The lowest BCUT2D eigenvalue weighted by Crippen LogP contribution is -2.43. The van der Waals surface area contributed by atoms with Crippen molar-refractivity contribution >= 4 is 40.0 Å². The van der Waals surface area contributed by atoms with E-state index in [2.05, 4.69) is 25.1 Å². The van der Waals surface area contributed by atoms with E-state index < -0.39 is 0 Å². The molecule has 2 aliphatic heterocycles. The molecule has 0 radical (unpaired) electrons. The van der Waals surface area contributed by atoms with Crippen LogP contribution in [0.3, 0.4) is 0 Å². The third-order valence-corrected chi connectivity index (χ3v) is 7.34. The molecule has 1 fully saturated rings. The van der Waals surface area contributed by atoms with Crippen molar-refractivity contribution in [2.75, 3.05) is 32.8 Å². The second-order valence-electron chi connectivity index (χ2n) is 9.21. The Kier molecular flexibility index (Phi) is 6.49. The highest BCUT2D eigenvalue weighted by molar-refractivity contribution is 6.35. The van der Waals surface area contributed by atoms with Crippen molar-refractivity contribution in [3.8, 4) is 17.3 Å². The number of benzene rings is 1. The third-order valence-electron chi connectivity index (χ3n) is 6.74. The number of aromatic nitrogens is 5. The highest BCUT2D eigenvalue weighted by Gasteiger charge is 2.29. The molecule has 0 bridgehead atoms. The maximum absolute atomic E-state index is 12.8. The number of hydrogen-bond acceptors (Lipinski definition) is 7. The van der Waals surface area contributed by atoms with Crippen molar-refractivity contribution in [1.82, 2.24) is 34.9 Å². The zero-order valence-electron chi connectivity index (χ0n) is 20.1. The minimum atomic E-state index is -0.385. The molecule has 5 heterocycles. The lowest BCUT2D eigenvalue weighted by Gasteiger charge is -2.27. The summed E-state index contributed by atoms with van der Waals surface area (Å²) in [5.74, 6) is 1.40. The number of carbonyl (C=O) groups excluding carboxylic acids is 1. The van der Waals surface area contributed by atoms with Gasteiger partial charge < -0.3 is 19.4 Å². The molecule has 12 heteroatoms. The summed E-state index contributed by atoms with van der Waals surface area (Å²) in [6, 6.07) is 5.69. The summed E-state index contributed by atoms with van der Waals surface area (Å²) in [7, 11) is 0. The fourth-order valence-corrected chi connectivity index (χ4v) is 5.47. The Morgan fingerprint density at radius 3 is 2.73 bits per heavy atom. The smallest absolute Gasteiger partial charge is 0.237 e. The number of amides is 1. The summed E-state index contributed by atoms with van der Waals surface area (Å²) < 4.78 is 11.5. The van der Waals surface area contributed by atoms with Gasteiger partial charge in [0.05, 0.1) is 59.8 Å². The first-order valence-corrected chi connectivity index (χ1v) is 12.8. The number of H-pyrrole nitrogens is 2. The molecule has 10 nitrogen and oxygen atoms in total. The largest absolute Gasteiger partial charge is 0.486 e. The van der Waals surface area contributed by atoms with E-state index in [1.807, 2.05) is 30.0 Å². The number of nitrogens with zero attached hydrogens (tertiary/aromatic N) is 5. The number of pyridine rings is 1. The van der Waals surface area contributed by atoms with Crippen LogP contribution in [0.2, 0.25) is 10.0 Å². The summed E-state index contributed by atoms with van der Waals surface area (Å²) in [5.41, 5.74) is 4.03. The van der Waals surface area contributed by atoms with Crippen LogP contribution in [-0.2, 0) is 22.6 Å². The molecule has 37 heavy (non-hydrogen) atoms. The van der Waals surface area contributed by atoms with Crippen LogP contribution in [-0.4, -0.2) is 73.7 Å². The van der Waals surface area contributed by atoms with Crippen LogP contribution >= 0.6 is 23.2 Å². The van der Waals surface area contributed by atoms with Crippen LogP contribution in [0.25, 0.3) is 22.4 Å². The highest BCUT2D eigenvalue weighted by atomic mass is 35.5. The molecule has 1 atom stereocenters. The number of carbonyl (C=O) groups is 1. The number of hydrogen-bond donors (Lipinski definition) is 2. The van der Waals surface area contributed by atoms with E-state index in [0.717, 1.165) is 35.4 Å². The first-order valence-electron chi connectivity index (χ1n) is 12.1. The molecule has 0 saturated carbocycles. The maximum Gasteiger partial charge on any atom is 0.237 e. The summed E-state index contributed by atoms with van der Waals surface area (Å²) in [6.45, 7) is 6.19. The molecule has 192 valence electrons. The highest BCUT2D eigenvalue weighted by Crippen LogP contribution is 2.35. The summed E-state index contributed by atoms with van der Waals surface area (Å²) >= 11 is 12.6. The van der Waals surface area contributed by atoms with Crippen molar-refractivity contribution in [3.05, 3.63) is 57.6 Å². The molecule has 3 aromatic heterocycles. The monoisotopic (exact) mass is 541 g/mol. The second-order valence-corrected chi connectivity index (χ2v) is 10.0. The summed E-state index contributed by atoms with van der Waals surface area (Å²) in [4.78, 5) is 28.9. The van der Waals surface area contributed by atoms with Gasteiger partial charge in [-0.15, -0.1) is 0 Å². The van der Waals surface area contributed by atoms with Crippen LogP contribution in [0.1, 0.15) is 30.0 Å². The Bertz CT molecular complexity index is 1420. The standard InChI is InChI=1S/C25H25Cl2N7O3/c1-14(23-17(26)9-28-10-18(23)27)37-15-2-3-19-16(8-15)24(32-31-19)25-29-20-11-34(12-21(20)30-25)22(35)13-33-4-6-36-7-5-33/h2-3,8-10,14H,4-7,11-13H2,1H3,(H,29,30)(H,31,32). The molecular formula is C25H25Cl2N7O3. The minimum absolute atomic E-state index is 0.102. The van der Waals surface area contributed by atoms with Crippen LogP contribution in [0, 0.1) is 0 Å². The van der Waals surface area contributed by atoms with E-state index in [0.29, 0.717) is 65.7 Å². The van der Waals surface area contributed by atoms with Gasteiger partial charge in [0, 0.05) is 36.4 Å². The van der Waals surface area contributed by atoms with Gasteiger partial charge in [0.15, 0.2) is 5.82 Å². The Morgan fingerprint density at radius 1 is 1.19 bits per heavy atom. The fourth-order valence-electron chi connectivity index (χ4n) is 4.79. The van der Waals surface area contributed by atoms with E-state index >= 15 is 0 Å². The predicted molar refractivity (Wildman–Crippen MR) is 138 cm³/mol. The van der Waals surface area contributed by atoms with Gasteiger partial charge in [0.2, 0.25) is 5.91 Å². The topological polar surface area (TPSA) is 112 Å². The van der Waals surface area contributed by atoms with Gasteiger partial charge >= 0.3 is 0 Å². The predicted octanol–water partition coefficient (Wildman–Crippen LogP) is 3.97. The summed E-state index contributed by atoms with van der Waals surface area (Å²) in [5, 5.41) is 9.32. The number of nitrogens with one attached hydrogen (secondary N) is 2. The Balaban J connectivity index is 1.18. The average molecular weight is 542 g/mol. The number of halogens is 2. The van der Waals surface area contributed by atoms with Gasteiger partial charge in [-0.25, -0.2) is 4.98 Å². The lowest BCUT2D eigenvalue weighted by atomic mass is 10.1. The number of fused-ring (bicyclic) bond motifs is 2. The zero-order chi connectivity index (χ0) is 25.5. The van der Waals surface area contributed by atoms with Crippen LogP contribution in [0.15, 0.2) is 30.6 Å². The first-order chi connectivity index (χ1) is 18.0. The molecule has 1 saturated heterocycles. The molecule has 6 rings (SSSR count). The van der Waals surface area contributed by atoms with E-state index in [4.69, 9.17) is 37.7 Å². The van der Waals surface area contributed by atoms with Crippen molar-refractivity contribution < 1.29 is 14.3 Å². The lowest BCUT2D eigenvalue weighted by molar-refractivity contribution is -0.134. The zero-order valence-corrected chi connectivity index (χ0v) is 21.6. The van der Waals surface area contributed by atoms with Gasteiger partial charge in [0.1, 0.15) is 17.5 Å². The van der Waals surface area contributed by atoms with Crippen LogP contribution in [0.5, 0.6) is 5.75 Å². The number of imidazole rings is 1. The molecule has 1 unspecified atom stereocenters. The summed E-state index contributed by atoms with van der Waals surface area (Å²) in [6.07, 6.45) is 2.71. The third kappa shape index (κ3) is 4.77. The molecule has 0 aliphatic carbocycles. The van der Waals surface area contributed by atoms with Gasteiger partial charge in [-0.1, -0.05) is 23.2 Å². The van der Waals surface area contributed by atoms with Crippen LogP contribution < -0.4 is 4.74 Å². The molecule has 2 aliphatic rings. The van der Waals surface area contributed by atoms with Gasteiger partial charge in [-0.3, -0.25) is 19.8 Å². The molecule has 1 aromatic carbocycles. The van der Waals surface area contributed by atoms with Gasteiger partial charge in [-0.2, -0.15) is 5.10 Å². The van der Waals surface area contributed by atoms with E-state index in [-0.39, 0.29) is 12.0 Å². The molecule has 2 N–H and O–H groups in total.